The highest BCUT2D eigenvalue weighted by atomic mass is 32.2. The van der Waals surface area contributed by atoms with Crippen molar-refractivity contribution in [1.82, 2.24) is 5.32 Å². The lowest BCUT2D eigenvalue weighted by Gasteiger charge is -2.19. The van der Waals surface area contributed by atoms with E-state index in [1.807, 2.05) is 19.1 Å². The molecule has 158 valence electrons. The zero-order valence-electron chi connectivity index (χ0n) is 17.5. The second-order valence-corrected chi connectivity index (χ2v) is 10.2. The van der Waals surface area contributed by atoms with Crippen LogP contribution in [0.3, 0.4) is 0 Å². The topological polar surface area (TPSA) is 75.3 Å². The van der Waals surface area contributed by atoms with E-state index in [4.69, 9.17) is 0 Å². The summed E-state index contributed by atoms with van der Waals surface area (Å²) in [5, 5.41) is 2.81. The average Bonchev–Trinajstić information content (AvgIpc) is 2.60. The van der Waals surface area contributed by atoms with Crippen LogP contribution >= 0.6 is 0 Å². The lowest BCUT2D eigenvalue weighted by molar-refractivity contribution is -0.124. The maximum Gasteiger partial charge on any atom is 0.229 e. The summed E-state index contributed by atoms with van der Waals surface area (Å²) in [6, 6.07) is 12.4. The van der Waals surface area contributed by atoms with Crippen LogP contribution in [0.25, 0.3) is 0 Å². The number of hydrogen-bond donors (Lipinski definition) is 2. The Labute approximate surface area is 172 Å². The van der Waals surface area contributed by atoms with Crippen LogP contribution in [-0.4, -0.2) is 20.6 Å². The van der Waals surface area contributed by atoms with Crippen LogP contribution in [0.1, 0.15) is 44.4 Å². The monoisotopic (exact) mass is 420 g/mol. The predicted octanol–water partition coefficient (Wildman–Crippen LogP) is 3.99. The van der Waals surface area contributed by atoms with E-state index >= 15 is 0 Å². The van der Waals surface area contributed by atoms with Gasteiger partial charge in [-0.25, -0.2) is 12.8 Å². The van der Waals surface area contributed by atoms with Gasteiger partial charge in [-0.15, -0.1) is 0 Å². The molecule has 0 bridgehead atoms. The second-order valence-electron chi connectivity index (χ2n) is 8.46. The first kappa shape index (κ1) is 22.9. The van der Waals surface area contributed by atoms with E-state index in [9.17, 15) is 17.6 Å². The molecule has 1 unspecified atom stereocenters. The smallest absolute Gasteiger partial charge is 0.229 e. The summed E-state index contributed by atoms with van der Waals surface area (Å²) >= 11 is 0. The first-order valence-electron chi connectivity index (χ1n) is 9.48. The molecular formula is C22H29FN2O3S. The third kappa shape index (κ3) is 7.16. The predicted molar refractivity (Wildman–Crippen MR) is 115 cm³/mol. The number of rotatable bonds is 7. The van der Waals surface area contributed by atoms with Gasteiger partial charge in [0.1, 0.15) is 5.82 Å². The number of amides is 1. The molecule has 0 aromatic heterocycles. The van der Waals surface area contributed by atoms with Crippen molar-refractivity contribution >= 4 is 21.6 Å². The van der Waals surface area contributed by atoms with Crippen molar-refractivity contribution in [1.29, 1.82) is 0 Å². The zero-order chi connectivity index (χ0) is 21.8. The Kier molecular flexibility index (Phi) is 7.06. The molecular weight excluding hydrogens is 391 g/mol. The third-order valence-corrected chi connectivity index (χ3v) is 5.20. The van der Waals surface area contributed by atoms with Gasteiger partial charge in [0.25, 0.3) is 0 Å². The lowest BCUT2D eigenvalue weighted by Crippen LogP contribution is -2.30. The molecule has 0 aliphatic rings. The number of nitrogens with one attached hydrogen (secondary N) is 2. The number of sulfonamides is 1. The molecule has 0 aliphatic heterocycles. The average molecular weight is 421 g/mol. The molecule has 0 saturated heterocycles. The number of carbonyl (C=O) groups excluding carboxylic acids is 1. The molecule has 2 aromatic carbocycles. The van der Waals surface area contributed by atoms with Crippen LogP contribution in [0.15, 0.2) is 42.5 Å². The molecule has 2 aromatic rings. The van der Waals surface area contributed by atoms with E-state index < -0.39 is 15.8 Å². The van der Waals surface area contributed by atoms with Crippen molar-refractivity contribution in [3.8, 4) is 0 Å². The Morgan fingerprint density at radius 2 is 1.66 bits per heavy atom. The van der Waals surface area contributed by atoms with Gasteiger partial charge in [0.15, 0.2) is 0 Å². The fourth-order valence-electron chi connectivity index (χ4n) is 2.90. The van der Waals surface area contributed by atoms with Crippen LogP contribution in [0.4, 0.5) is 10.1 Å². The van der Waals surface area contributed by atoms with Crippen molar-refractivity contribution in [2.24, 2.45) is 5.92 Å². The van der Waals surface area contributed by atoms with Crippen molar-refractivity contribution in [2.75, 3.05) is 11.0 Å². The molecule has 7 heteroatoms. The first-order valence-corrected chi connectivity index (χ1v) is 11.4. The third-order valence-electron chi connectivity index (χ3n) is 4.61. The number of carbonyl (C=O) groups is 1. The van der Waals surface area contributed by atoms with Crippen LogP contribution < -0.4 is 10.0 Å². The molecule has 2 N–H and O–H groups in total. The van der Waals surface area contributed by atoms with Gasteiger partial charge >= 0.3 is 0 Å². The summed E-state index contributed by atoms with van der Waals surface area (Å²) in [6.45, 7) is 8.50. The minimum Gasteiger partial charge on any atom is -0.352 e. The Morgan fingerprint density at radius 3 is 2.17 bits per heavy atom. The largest absolute Gasteiger partial charge is 0.352 e. The minimum absolute atomic E-state index is 0.0865. The molecule has 0 heterocycles. The van der Waals surface area contributed by atoms with Gasteiger partial charge in [-0.2, -0.15) is 0 Å². The SMILES string of the molecule is CC(Cc1ccc(C(C)(C)C)cc1)C(=O)NCc1ccc(NS(C)(=O)=O)c(F)c1. The highest BCUT2D eigenvalue weighted by molar-refractivity contribution is 7.92. The summed E-state index contributed by atoms with van der Waals surface area (Å²) in [7, 11) is -3.55. The summed E-state index contributed by atoms with van der Waals surface area (Å²) in [5.74, 6) is -1.04. The van der Waals surface area contributed by atoms with Gasteiger partial charge in [0.05, 0.1) is 11.9 Å². The Balaban J connectivity index is 1.92. The van der Waals surface area contributed by atoms with Crippen molar-refractivity contribution < 1.29 is 17.6 Å². The number of anilines is 1. The van der Waals surface area contributed by atoms with Crippen molar-refractivity contribution in [3.05, 3.63) is 65.0 Å². The summed E-state index contributed by atoms with van der Waals surface area (Å²) in [6.07, 6.45) is 1.57. The Bertz CT molecular complexity index is 965. The lowest BCUT2D eigenvalue weighted by atomic mass is 9.86. The Morgan fingerprint density at radius 1 is 1.07 bits per heavy atom. The highest BCUT2D eigenvalue weighted by Crippen LogP contribution is 2.23. The zero-order valence-corrected chi connectivity index (χ0v) is 18.4. The van der Waals surface area contributed by atoms with Crippen LogP contribution in [0.2, 0.25) is 0 Å². The molecule has 0 radical (unpaired) electrons. The fraction of sp³-hybridized carbons (Fsp3) is 0.409. The number of benzene rings is 2. The summed E-state index contributed by atoms with van der Waals surface area (Å²) < 4.78 is 38.6. The van der Waals surface area contributed by atoms with Gasteiger partial charge in [-0.3, -0.25) is 9.52 Å². The maximum absolute atomic E-state index is 14.0. The van der Waals surface area contributed by atoms with E-state index in [0.717, 1.165) is 11.8 Å². The van der Waals surface area contributed by atoms with E-state index in [2.05, 4.69) is 42.9 Å². The van der Waals surface area contributed by atoms with Gasteiger partial charge in [-0.1, -0.05) is 58.0 Å². The highest BCUT2D eigenvalue weighted by Gasteiger charge is 2.16. The van der Waals surface area contributed by atoms with Crippen LogP contribution in [0.5, 0.6) is 0 Å². The quantitative estimate of drug-likeness (QED) is 0.711. The minimum atomic E-state index is -3.55. The second kappa shape index (κ2) is 8.95. The molecule has 2 rings (SSSR count). The molecule has 0 aliphatic carbocycles. The molecule has 0 fully saturated rings. The molecule has 0 saturated carbocycles. The first-order chi connectivity index (χ1) is 13.3. The van der Waals surface area contributed by atoms with E-state index in [0.29, 0.717) is 12.0 Å². The Hall–Kier alpha value is -2.41. The maximum atomic E-state index is 14.0. The normalized spacial score (nSPS) is 13.0. The molecule has 0 spiro atoms. The van der Waals surface area contributed by atoms with Gasteiger partial charge in [-0.05, 0) is 40.7 Å². The molecule has 1 amide bonds. The number of halogens is 1. The fourth-order valence-corrected chi connectivity index (χ4v) is 3.47. The van der Waals surface area contributed by atoms with Crippen molar-refractivity contribution in [3.63, 3.8) is 0 Å². The van der Waals surface area contributed by atoms with Gasteiger partial charge in [0, 0.05) is 12.5 Å². The molecule has 29 heavy (non-hydrogen) atoms. The summed E-state index contributed by atoms with van der Waals surface area (Å²) in [5.41, 5.74) is 2.85. The van der Waals surface area contributed by atoms with Gasteiger partial charge in [0.2, 0.25) is 15.9 Å². The molecule has 1 atom stereocenters. The van der Waals surface area contributed by atoms with Crippen LogP contribution in [-0.2, 0) is 33.2 Å². The van der Waals surface area contributed by atoms with Gasteiger partial charge < -0.3 is 5.32 Å². The molecule has 5 nitrogen and oxygen atoms in total. The van der Waals surface area contributed by atoms with Crippen molar-refractivity contribution in [2.45, 2.75) is 46.1 Å². The van der Waals surface area contributed by atoms with E-state index in [1.54, 1.807) is 6.07 Å². The standard InChI is InChI=1S/C22H29FN2O3S/c1-15(12-16-6-9-18(10-7-16)22(2,3)4)21(26)24-14-17-8-11-20(19(23)13-17)25-29(5,27)28/h6-11,13,15,25H,12,14H2,1-5H3,(H,24,26). The van der Waals surface area contributed by atoms with E-state index in [-0.39, 0.29) is 29.5 Å². The summed E-state index contributed by atoms with van der Waals surface area (Å²) in [4.78, 5) is 12.4. The van der Waals surface area contributed by atoms with Crippen LogP contribution in [0, 0.1) is 11.7 Å². The van der Waals surface area contributed by atoms with E-state index in [1.165, 1.54) is 17.7 Å². The number of hydrogen-bond acceptors (Lipinski definition) is 3.